The number of ether oxygens (including phenoxy) is 2. The lowest BCUT2D eigenvalue weighted by Gasteiger charge is -2.34. The van der Waals surface area contributed by atoms with E-state index in [2.05, 4.69) is 31.0 Å². The lowest BCUT2D eigenvalue weighted by molar-refractivity contribution is 0.292. The van der Waals surface area contributed by atoms with Crippen LogP contribution in [0, 0.1) is 0 Å². The minimum atomic E-state index is 0.650. The lowest BCUT2D eigenvalue weighted by Crippen LogP contribution is -2.31. The fourth-order valence-electron chi connectivity index (χ4n) is 2.80. The maximum atomic E-state index is 5.39. The molecule has 0 N–H and O–H groups in total. The zero-order valence-corrected chi connectivity index (χ0v) is 12.5. The van der Waals surface area contributed by atoms with Crippen molar-refractivity contribution in [3.05, 3.63) is 23.3 Å². The Labute approximate surface area is 116 Å². The van der Waals surface area contributed by atoms with Gasteiger partial charge in [-0.15, -0.1) is 0 Å². The Morgan fingerprint density at radius 3 is 2.53 bits per heavy atom. The fourth-order valence-corrected chi connectivity index (χ4v) is 2.80. The number of hydrogen-bond donors (Lipinski definition) is 0. The molecule has 0 fully saturated rings. The molecular formula is C16H25NO2. The van der Waals surface area contributed by atoms with Gasteiger partial charge in [-0.05, 0) is 49.7 Å². The zero-order chi connectivity index (χ0) is 13.8. The van der Waals surface area contributed by atoms with Crippen molar-refractivity contribution in [3.63, 3.8) is 0 Å². The third-order valence-electron chi connectivity index (χ3n) is 3.98. The molecule has 1 aromatic rings. The Balaban J connectivity index is 2.02. The smallest absolute Gasteiger partial charge is 0.161 e. The average molecular weight is 263 g/mol. The van der Waals surface area contributed by atoms with E-state index in [1.165, 1.54) is 30.5 Å². The van der Waals surface area contributed by atoms with Crippen molar-refractivity contribution in [3.8, 4) is 11.5 Å². The molecule has 3 heteroatoms. The van der Waals surface area contributed by atoms with Crippen molar-refractivity contribution in [1.29, 1.82) is 0 Å². The molecule has 0 aromatic heterocycles. The first-order valence-corrected chi connectivity index (χ1v) is 7.12. The molecule has 1 unspecified atom stereocenters. The van der Waals surface area contributed by atoms with Gasteiger partial charge < -0.3 is 14.4 Å². The van der Waals surface area contributed by atoms with Crippen LogP contribution < -0.4 is 9.47 Å². The van der Waals surface area contributed by atoms with Gasteiger partial charge in [0.15, 0.2) is 11.5 Å². The predicted octanol–water partition coefficient (Wildman–Crippen LogP) is 3.08. The van der Waals surface area contributed by atoms with E-state index in [1.807, 2.05) is 0 Å². The molecule has 0 saturated carbocycles. The van der Waals surface area contributed by atoms with Gasteiger partial charge in [0.1, 0.15) is 0 Å². The Morgan fingerprint density at radius 2 is 1.89 bits per heavy atom. The maximum Gasteiger partial charge on any atom is 0.161 e. The quantitative estimate of drug-likeness (QED) is 0.754. The summed E-state index contributed by atoms with van der Waals surface area (Å²) in [6.07, 6.45) is 3.70. The topological polar surface area (TPSA) is 21.7 Å². The molecule has 2 rings (SSSR count). The van der Waals surface area contributed by atoms with Crippen molar-refractivity contribution < 1.29 is 9.47 Å². The molecule has 1 aliphatic carbocycles. The van der Waals surface area contributed by atoms with Crippen LogP contribution >= 0.6 is 0 Å². The number of methoxy groups -OCH3 is 2. The molecule has 1 aliphatic rings. The van der Waals surface area contributed by atoms with E-state index in [9.17, 15) is 0 Å². The molecule has 19 heavy (non-hydrogen) atoms. The molecule has 106 valence electrons. The highest BCUT2D eigenvalue weighted by Crippen LogP contribution is 2.42. The van der Waals surface area contributed by atoms with Crippen LogP contribution in [0.4, 0.5) is 0 Å². The number of likely N-dealkylation sites (N-methyl/N-ethyl adjacent to an activating group) is 1. The van der Waals surface area contributed by atoms with Crippen LogP contribution in [0.15, 0.2) is 12.1 Å². The van der Waals surface area contributed by atoms with Crippen LogP contribution in [0.3, 0.4) is 0 Å². The van der Waals surface area contributed by atoms with Gasteiger partial charge in [-0.1, -0.05) is 13.3 Å². The minimum absolute atomic E-state index is 0.650. The van der Waals surface area contributed by atoms with E-state index in [4.69, 9.17) is 9.47 Å². The van der Waals surface area contributed by atoms with Crippen LogP contribution in [0.25, 0.3) is 0 Å². The van der Waals surface area contributed by atoms with Crippen molar-refractivity contribution in [1.82, 2.24) is 4.90 Å². The summed E-state index contributed by atoms with van der Waals surface area (Å²) in [5.74, 6) is 2.35. The van der Waals surface area contributed by atoms with Crippen LogP contribution in [-0.4, -0.2) is 39.3 Å². The van der Waals surface area contributed by atoms with Gasteiger partial charge in [0.25, 0.3) is 0 Å². The van der Waals surface area contributed by atoms with Crippen LogP contribution in [-0.2, 0) is 6.42 Å². The van der Waals surface area contributed by atoms with Crippen LogP contribution in [0.2, 0.25) is 0 Å². The van der Waals surface area contributed by atoms with Gasteiger partial charge in [-0.2, -0.15) is 0 Å². The van der Waals surface area contributed by atoms with Gasteiger partial charge >= 0.3 is 0 Å². The molecule has 0 heterocycles. The largest absolute Gasteiger partial charge is 0.493 e. The maximum absolute atomic E-state index is 5.39. The van der Waals surface area contributed by atoms with E-state index in [0.29, 0.717) is 5.92 Å². The standard InChI is InChI=1S/C16H25NO2/c1-5-6-7-17(2)11-13-8-12-9-15(18-3)16(19-4)10-14(12)13/h9-10,13H,5-8,11H2,1-4H3. The number of nitrogens with zero attached hydrogens (tertiary/aromatic N) is 1. The summed E-state index contributed by atoms with van der Waals surface area (Å²) in [6, 6.07) is 4.27. The Morgan fingerprint density at radius 1 is 1.21 bits per heavy atom. The zero-order valence-electron chi connectivity index (χ0n) is 12.5. The molecule has 1 atom stereocenters. The lowest BCUT2D eigenvalue weighted by atomic mass is 9.77. The SMILES string of the molecule is CCCCN(C)CC1Cc2cc(OC)c(OC)cc21. The minimum Gasteiger partial charge on any atom is -0.493 e. The van der Waals surface area contributed by atoms with E-state index in [0.717, 1.165) is 24.5 Å². The fraction of sp³-hybridized carbons (Fsp3) is 0.625. The second-order valence-electron chi connectivity index (χ2n) is 5.42. The number of rotatable bonds is 7. The molecule has 0 radical (unpaired) electrons. The number of benzene rings is 1. The highest BCUT2D eigenvalue weighted by atomic mass is 16.5. The molecular weight excluding hydrogens is 238 g/mol. The third-order valence-corrected chi connectivity index (χ3v) is 3.98. The normalized spacial score (nSPS) is 17.0. The molecule has 0 aliphatic heterocycles. The van der Waals surface area contributed by atoms with Crippen LogP contribution in [0.1, 0.15) is 36.8 Å². The van der Waals surface area contributed by atoms with E-state index < -0.39 is 0 Å². The van der Waals surface area contributed by atoms with E-state index in [1.54, 1.807) is 14.2 Å². The molecule has 0 amide bonds. The van der Waals surface area contributed by atoms with Crippen molar-refractivity contribution in [2.24, 2.45) is 0 Å². The summed E-state index contributed by atoms with van der Waals surface area (Å²) in [7, 11) is 5.61. The van der Waals surface area contributed by atoms with E-state index >= 15 is 0 Å². The summed E-state index contributed by atoms with van der Waals surface area (Å²) >= 11 is 0. The van der Waals surface area contributed by atoms with Gasteiger partial charge in [0.05, 0.1) is 14.2 Å². The molecule has 0 spiro atoms. The number of unbranched alkanes of at least 4 members (excludes halogenated alkanes) is 1. The van der Waals surface area contributed by atoms with Crippen molar-refractivity contribution in [2.45, 2.75) is 32.1 Å². The number of fused-ring (bicyclic) bond motifs is 1. The average Bonchev–Trinajstić information content (AvgIpc) is 2.41. The molecule has 0 bridgehead atoms. The first kappa shape index (κ1) is 14.2. The Hall–Kier alpha value is -1.22. The third kappa shape index (κ3) is 3.03. The van der Waals surface area contributed by atoms with Gasteiger partial charge in [-0.3, -0.25) is 0 Å². The first-order chi connectivity index (χ1) is 9.19. The second-order valence-corrected chi connectivity index (χ2v) is 5.42. The highest BCUT2D eigenvalue weighted by Gasteiger charge is 2.29. The van der Waals surface area contributed by atoms with Gasteiger partial charge in [0, 0.05) is 12.5 Å². The van der Waals surface area contributed by atoms with Gasteiger partial charge in [0.2, 0.25) is 0 Å². The second kappa shape index (κ2) is 6.29. The summed E-state index contributed by atoms with van der Waals surface area (Å²) < 4.78 is 10.7. The monoisotopic (exact) mass is 263 g/mol. The van der Waals surface area contributed by atoms with Gasteiger partial charge in [-0.25, -0.2) is 0 Å². The molecule has 3 nitrogen and oxygen atoms in total. The summed E-state index contributed by atoms with van der Waals surface area (Å²) in [4.78, 5) is 2.44. The Bertz CT molecular complexity index is 431. The first-order valence-electron chi connectivity index (χ1n) is 7.12. The predicted molar refractivity (Wildman–Crippen MR) is 78.4 cm³/mol. The van der Waals surface area contributed by atoms with Crippen molar-refractivity contribution in [2.75, 3.05) is 34.4 Å². The number of hydrogen-bond acceptors (Lipinski definition) is 3. The summed E-state index contributed by atoms with van der Waals surface area (Å²) in [5.41, 5.74) is 2.84. The van der Waals surface area contributed by atoms with Crippen molar-refractivity contribution >= 4 is 0 Å². The Kier molecular flexibility index (Phi) is 4.70. The highest BCUT2D eigenvalue weighted by molar-refractivity contribution is 5.53. The molecule has 0 saturated heterocycles. The van der Waals surface area contributed by atoms with Crippen LogP contribution in [0.5, 0.6) is 11.5 Å². The molecule has 1 aromatic carbocycles. The van der Waals surface area contributed by atoms with E-state index in [-0.39, 0.29) is 0 Å². The summed E-state index contributed by atoms with van der Waals surface area (Å²) in [5, 5.41) is 0. The summed E-state index contributed by atoms with van der Waals surface area (Å²) in [6.45, 7) is 4.57.